The summed E-state index contributed by atoms with van der Waals surface area (Å²) < 4.78 is 13.4. The molecular weight excluding hydrogens is 305 g/mol. The fraction of sp³-hybridized carbons (Fsp3) is 0.158. The molecule has 3 N–H and O–H groups in total. The van der Waals surface area contributed by atoms with Crippen molar-refractivity contribution in [2.75, 3.05) is 6.54 Å². The molecule has 1 atom stereocenters. The van der Waals surface area contributed by atoms with E-state index in [0.29, 0.717) is 28.7 Å². The third kappa shape index (κ3) is 3.41. The third-order valence-corrected chi connectivity index (χ3v) is 3.85. The van der Waals surface area contributed by atoms with E-state index in [1.807, 2.05) is 30.3 Å². The van der Waals surface area contributed by atoms with Gasteiger partial charge in [0.25, 0.3) is 5.91 Å². The standard InChI is InChI=1S/C19H18FN3O/c1-12-9-16(15-8-7-14(20)10-18(15)23-12)19(24)22-11-17(21)13-5-3-2-4-6-13/h2-10,17H,11,21H2,1H3,(H,22,24). The molecule has 0 aliphatic rings. The summed E-state index contributed by atoms with van der Waals surface area (Å²) in [6.45, 7) is 2.09. The number of aryl methyl sites for hydroxylation is 1. The Balaban J connectivity index is 1.81. The van der Waals surface area contributed by atoms with Gasteiger partial charge in [-0.25, -0.2) is 4.39 Å². The minimum Gasteiger partial charge on any atom is -0.350 e. The van der Waals surface area contributed by atoms with Crippen molar-refractivity contribution in [2.45, 2.75) is 13.0 Å². The molecule has 0 radical (unpaired) electrons. The first-order valence-electron chi connectivity index (χ1n) is 7.70. The van der Waals surface area contributed by atoms with Crippen LogP contribution in [-0.2, 0) is 0 Å². The van der Waals surface area contributed by atoms with E-state index in [9.17, 15) is 9.18 Å². The van der Waals surface area contributed by atoms with Gasteiger partial charge in [0.1, 0.15) is 5.82 Å². The zero-order valence-corrected chi connectivity index (χ0v) is 13.3. The molecule has 0 saturated heterocycles. The molecule has 0 aliphatic carbocycles. The molecule has 1 aromatic heterocycles. The molecule has 0 saturated carbocycles. The number of hydrogen-bond acceptors (Lipinski definition) is 3. The number of amides is 1. The normalized spacial score (nSPS) is 12.1. The number of rotatable bonds is 4. The lowest BCUT2D eigenvalue weighted by Crippen LogP contribution is -2.32. The highest BCUT2D eigenvalue weighted by Gasteiger charge is 2.14. The molecule has 0 spiro atoms. The number of pyridine rings is 1. The van der Waals surface area contributed by atoms with Crippen LogP contribution in [0, 0.1) is 12.7 Å². The van der Waals surface area contributed by atoms with Crippen LogP contribution < -0.4 is 11.1 Å². The van der Waals surface area contributed by atoms with Gasteiger partial charge >= 0.3 is 0 Å². The first-order valence-corrected chi connectivity index (χ1v) is 7.70. The lowest BCUT2D eigenvalue weighted by Gasteiger charge is -2.14. The lowest BCUT2D eigenvalue weighted by molar-refractivity contribution is 0.0952. The molecule has 1 amide bonds. The molecule has 1 unspecified atom stereocenters. The van der Waals surface area contributed by atoms with E-state index in [4.69, 9.17) is 5.73 Å². The number of fused-ring (bicyclic) bond motifs is 1. The molecule has 0 bridgehead atoms. The van der Waals surface area contributed by atoms with E-state index < -0.39 is 0 Å². The molecule has 3 rings (SSSR count). The summed E-state index contributed by atoms with van der Waals surface area (Å²) in [5.74, 6) is -0.624. The predicted molar refractivity (Wildman–Crippen MR) is 92.1 cm³/mol. The number of nitrogens with one attached hydrogen (secondary N) is 1. The maximum Gasteiger partial charge on any atom is 0.252 e. The third-order valence-electron chi connectivity index (χ3n) is 3.85. The summed E-state index contributed by atoms with van der Waals surface area (Å²) in [5.41, 5.74) is 8.65. The number of carbonyl (C=O) groups excluding carboxylic acids is 1. The topological polar surface area (TPSA) is 68.0 Å². The first kappa shape index (κ1) is 16.1. The number of nitrogens with zero attached hydrogens (tertiary/aromatic N) is 1. The van der Waals surface area contributed by atoms with Gasteiger partial charge < -0.3 is 11.1 Å². The Morgan fingerprint density at radius 1 is 1.21 bits per heavy atom. The first-order chi connectivity index (χ1) is 11.5. The number of aromatic nitrogens is 1. The van der Waals surface area contributed by atoms with Gasteiger partial charge in [-0.1, -0.05) is 30.3 Å². The van der Waals surface area contributed by atoms with Crippen molar-refractivity contribution in [1.29, 1.82) is 0 Å². The second-order valence-electron chi connectivity index (χ2n) is 5.70. The van der Waals surface area contributed by atoms with Crippen LogP contribution in [0.2, 0.25) is 0 Å². The summed E-state index contributed by atoms with van der Waals surface area (Å²) in [6.07, 6.45) is 0. The number of benzene rings is 2. The molecule has 5 heteroatoms. The predicted octanol–water partition coefficient (Wildman–Crippen LogP) is 3.11. The van der Waals surface area contributed by atoms with Gasteiger partial charge in [-0.3, -0.25) is 9.78 Å². The summed E-state index contributed by atoms with van der Waals surface area (Å²) in [4.78, 5) is 16.8. The molecule has 3 aromatic rings. The second-order valence-corrected chi connectivity index (χ2v) is 5.70. The summed E-state index contributed by atoms with van der Waals surface area (Å²) in [7, 11) is 0. The van der Waals surface area contributed by atoms with Crippen molar-refractivity contribution in [2.24, 2.45) is 5.73 Å². The van der Waals surface area contributed by atoms with Crippen LogP contribution in [0.1, 0.15) is 27.7 Å². The SMILES string of the molecule is Cc1cc(C(=O)NCC(N)c2ccccc2)c2ccc(F)cc2n1. The van der Waals surface area contributed by atoms with Crippen molar-refractivity contribution in [3.05, 3.63) is 77.2 Å². The number of carbonyl (C=O) groups is 1. The molecule has 0 fully saturated rings. The van der Waals surface area contributed by atoms with Gasteiger partial charge in [-0.05, 0) is 30.7 Å². The van der Waals surface area contributed by atoms with Crippen LogP contribution in [0.5, 0.6) is 0 Å². The fourth-order valence-corrected chi connectivity index (χ4v) is 2.64. The van der Waals surface area contributed by atoms with Crippen LogP contribution in [-0.4, -0.2) is 17.4 Å². The van der Waals surface area contributed by atoms with Crippen molar-refractivity contribution in [1.82, 2.24) is 10.3 Å². The van der Waals surface area contributed by atoms with E-state index >= 15 is 0 Å². The van der Waals surface area contributed by atoms with E-state index in [-0.39, 0.29) is 17.8 Å². The highest BCUT2D eigenvalue weighted by molar-refractivity contribution is 6.06. The Morgan fingerprint density at radius 2 is 1.96 bits per heavy atom. The maximum absolute atomic E-state index is 13.4. The van der Waals surface area contributed by atoms with Crippen molar-refractivity contribution in [3.63, 3.8) is 0 Å². The Morgan fingerprint density at radius 3 is 2.71 bits per heavy atom. The molecule has 4 nitrogen and oxygen atoms in total. The number of halogens is 1. The van der Waals surface area contributed by atoms with E-state index in [1.54, 1.807) is 19.1 Å². The minimum atomic E-state index is -0.377. The average molecular weight is 323 g/mol. The molecular formula is C19H18FN3O. The second kappa shape index (κ2) is 6.76. The van der Waals surface area contributed by atoms with Gasteiger partial charge in [0.15, 0.2) is 0 Å². The van der Waals surface area contributed by atoms with Crippen LogP contribution in [0.4, 0.5) is 4.39 Å². The lowest BCUT2D eigenvalue weighted by atomic mass is 10.1. The summed E-state index contributed by atoms with van der Waals surface area (Å²) >= 11 is 0. The Kier molecular flexibility index (Phi) is 4.53. The molecule has 1 heterocycles. The van der Waals surface area contributed by atoms with Crippen LogP contribution in [0.25, 0.3) is 10.9 Å². The van der Waals surface area contributed by atoms with Crippen LogP contribution >= 0.6 is 0 Å². The highest BCUT2D eigenvalue weighted by Crippen LogP contribution is 2.20. The Bertz CT molecular complexity index is 875. The Hall–Kier alpha value is -2.79. The van der Waals surface area contributed by atoms with E-state index in [1.165, 1.54) is 12.1 Å². The average Bonchev–Trinajstić information content (AvgIpc) is 2.59. The van der Waals surface area contributed by atoms with Gasteiger partial charge in [0.05, 0.1) is 11.1 Å². The van der Waals surface area contributed by atoms with Gasteiger partial charge in [-0.15, -0.1) is 0 Å². The zero-order valence-electron chi connectivity index (χ0n) is 13.3. The van der Waals surface area contributed by atoms with Crippen LogP contribution in [0.15, 0.2) is 54.6 Å². The van der Waals surface area contributed by atoms with Crippen molar-refractivity contribution in [3.8, 4) is 0 Å². The van der Waals surface area contributed by atoms with Crippen molar-refractivity contribution < 1.29 is 9.18 Å². The van der Waals surface area contributed by atoms with Gasteiger partial charge in [-0.2, -0.15) is 0 Å². The van der Waals surface area contributed by atoms with Crippen molar-refractivity contribution >= 4 is 16.8 Å². The maximum atomic E-state index is 13.4. The highest BCUT2D eigenvalue weighted by atomic mass is 19.1. The number of hydrogen-bond donors (Lipinski definition) is 2. The number of nitrogens with two attached hydrogens (primary N) is 1. The monoisotopic (exact) mass is 323 g/mol. The van der Waals surface area contributed by atoms with E-state index in [2.05, 4.69) is 10.3 Å². The van der Waals surface area contributed by atoms with Gasteiger partial charge in [0, 0.05) is 29.7 Å². The molecule has 24 heavy (non-hydrogen) atoms. The van der Waals surface area contributed by atoms with E-state index in [0.717, 1.165) is 5.56 Å². The smallest absolute Gasteiger partial charge is 0.252 e. The zero-order chi connectivity index (χ0) is 17.1. The molecule has 122 valence electrons. The quantitative estimate of drug-likeness (QED) is 0.775. The fourth-order valence-electron chi connectivity index (χ4n) is 2.64. The Labute approximate surface area is 139 Å². The molecule has 0 aliphatic heterocycles. The molecule has 2 aromatic carbocycles. The summed E-state index contributed by atoms with van der Waals surface area (Å²) in [6, 6.07) is 15.2. The minimum absolute atomic E-state index is 0.247. The largest absolute Gasteiger partial charge is 0.350 e. The summed E-state index contributed by atoms with van der Waals surface area (Å²) in [5, 5.41) is 3.46. The van der Waals surface area contributed by atoms with Gasteiger partial charge in [0.2, 0.25) is 0 Å². The van der Waals surface area contributed by atoms with Crippen LogP contribution in [0.3, 0.4) is 0 Å².